The lowest BCUT2D eigenvalue weighted by molar-refractivity contribution is -0.119. The van der Waals surface area contributed by atoms with Crippen molar-refractivity contribution in [2.75, 3.05) is 19.0 Å². The summed E-state index contributed by atoms with van der Waals surface area (Å²) in [5.41, 5.74) is 3.19. The molecule has 6 nitrogen and oxygen atoms in total. The number of fused-ring (bicyclic) bond motifs is 1. The Hall–Kier alpha value is -3.12. The number of carbonyl (C=O) groups excluding carboxylic acids is 2. The number of nitrogens with one attached hydrogen (secondary N) is 2. The third-order valence-electron chi connectivity index (χ3n) is 4.12. The highest BCUT2D eigenvalue weighted by atomic mass is 16.5. The Morgan fingerprint density at radius 2 is 1.88 bits per heavy atom. The van der Waals surface area contributed by atoms with E-state index in [1.165, 1.54) is 7.11 Å². The second kappa shape index (κ2) is 7.84. The number of hydrogen-bond acceptors (Lipinski definition) is 3. The summed E-state index contributed by atoms with van der Waals surface area (Å²) in [6.07, 6.45) is 0. The van der Waals surface area contributed by atoms with Gasteiger partial charge in [0.25, 0.3) is 5.91 Å². The van der Waals surface area contributed by atoms with Crippen LogP contribution in [-0.2, 0) is 23.1 Å². The minimum absolute atomic E-state index is 0.00200. The van der Waals surface area contributed by atoms with E-state index in [-0.39, 0.29) is 18.4 Å². The maximum Gasteiger partial charge on any atom is 0.268 e. The van der Waals surface area contributed by atoms with Crippen LogP contribution in [0.2, 0.25) is 0 Å². The molecule has 2 N–H and O–H groups in total. The molecule has 6 heteroatoms. The first-order valence-corrected chi connectivity index (χ1v) is 8.29. The van der Waals surface area contributed by atoms with E-state index in [4.69, 9.17) is 4.74 Å². The number of aromatic nitrogens is 1. The number of para-hydroxylation sites is 1. The zero-order valence-corrected chi connectivity index (χ0v) is 14.8. The Labute approximate surface area is 151 Å². The summed E-state index contributed by atoms with van der Waals surface area (Å²) in [5.74, 6) is -0.360. The lowest BCUT2D eigenvalue weighted by Gasteiger charge is -2.09. The average Bonchev–Trinajstić information content (AvgIpc) is 2.97. The van der Waals surface area contributed by atoms with Crippen LogP contribution in [0.25, 0.3) is 10.9 Å². The molecule has 2 amide bonds. The molecular formula is C20H21N3O3. The highest BCUT2D eigenvalue weighted by Gasteiger charge is 2.12. The Kier molecular flexibility index (Phi) is 5.34. The van der Waals surface area contributed by atoms with Gasteiger partial charge in [-0.25, -0.2) is 0 Å². The quantitative estimate of drug-likeness (QED) is 0.717. The van der Waals surface area contributed by atoms with Gasteiger partial charge in [0, 0.05) is 37.3 Å². The molecule has 0 spiro atoms. The molecule has 26 heavy (non-hydrogen) atoms. The molecule has 0 saturated carbocycles. The largest absolute Gasteiger partial charge is 0.375 e. The van der Waals surface area contributed by atoms with E-state index >= 15 is 0 Å². The van der Waals surface area contributed by atoms with Crippen molar-refractivity contribution in [1.82, 2.24) is 9.88 Å². The van der Waals surface area contributed by atoms with E-state index in [0.29, 0.717) is 17.9 Å². The predicted molar refractivity (Wildman–Crippen MR) is 101 cm³/mol. The maximum atomic E-state index is 12.5. The van der Waals surface area contributed by atoms with Crippen molar-refractivity contribution in [1.29, 1.82) is 0 Å². The Bertz CT molecular complexity index is 946. The molecule has 3 aromatic rings. The van der Waals surface area contributed by atoms with Crippen LogP contribution in [0.5, 0.6) is 0 Å². The number of amides is 2. The van der Waals surface area contributed by atoms with Crippen LogP contribution in [0, 0.1) is 0 Å². The van der Waals surface area contributed by atoms with Gasteiger partial charge in [0.2, 0.25) is 5.91 Å². The van der Waals surface area contributed by atoms with Gasteiger partial charge in [0.1, 0.15) is 12.3 Å². The number of hydrogen-bond donors (Lipinski definition) is 2. The van der Waals surface area contributed by atoms with Gasteiger partial charge in [-0.1, -0.05) is 30.3 Å². The Morgan fingerprint density at radius 1 is 1.08 bits per heavy atom. The number of ether oxygens (including phenoxy) is 1. The summed E-state index contributed by atoms with van der Waals surface area (Å²) in [4.78, 5) is 24.1. The number of nitrogens with zero attached hydrogens (tertiary/aromatic N) is 1. The number of benzene rings is 2. The van der Waals surface area contributed by atoms with E-state index in [9.17, 15) is 9.59 Å². The summed E-state index contributed by atoms with van der Waals surface area (Å²) in [6, 6.07) is 17.1. The number of methoxy groups -OCH3 is 1. The van der Waals surface area contributed by atoms with Crippen molar-refractivity contribution in [2.45, 2.75) is 6.54 Å². The van der Waals surface area contributed by atoms with Crippen molar-refractivity contribution >= 4 is 28.4 Å². The number of aryl methyl sites for hydroxylation is 1. The number of carbonyl (C=O) groups is 2. The molecule has 0 aliphatic carbocycles. The fraction of sp³-hybridized carbons (Fsp3) is 0.200. The molecule has 3 rings (SSSR count). The molecule has 0 radical (unpaired) electrons. The van der Waals surface area contributed by atoms with Crippen LogP contribution in [0.4, 0.5) is 5.69 Å². The summed E-state index contributed by atoms with van der Waals surface area (Å²) in [5, 5.41) is 6.70. The molecule has 0 saturated heterocycles. The van der Waals surface area contributed by atoms with Gasteiger partial charge in [-0.3, -0.25) is 9.59 Å². The lowest BCUT2D eigenvalue weighted by atomic mass is 10.2. The van der Waals surface area contributed by atoms with E-state index in [0.717, 1.165) is 16.5 Å². The van der Waals surface area contributed by atoms with Crippen LogP contribution in [0.1, 0.15) is 16.1 Å². The van der Waals surface area contributed by atoms with E-state index < -0.39 is 0 Å². The molecule has 1 heterocycles. The third-order valence-corrected chi connectivity index (χ3v) is 4.12. The Morgan fingerprint density at radius 3 is 2.65 bits per heavy atom. The Balaban J connectivity index is 1.67. The van der Waals surface area contributed by atoms with Crippen LogP contribution >= 0.6 is 0 Å². The molecule has 134 valence electrons. The molecule has 0 fully saturated rings. The summed E-state index contributed by atoms with van der Waals surface area (Å²) in [7, 11) is 3.35. The standard InChI is InChI=1S/C20H21N3O3/c1-23-17-9-4-3-7-15(17)11-18(23)20(25)21-12-14-6-5-8-16(10-14)22-19(24)13-26-2/h3-11H,12-13H2,1-2H3,(H,21,25)(H,22,24). The zero-order valence-electron chi connectivity index (χ0n) is 14.8. The van der Waals surface area contributed by atoms with Gasteiger partial charge < -0.3 is 19.9 Å². The highest BCUT2D eigenvalue weighted by molar-refractivity contribution is 5.98. The smallest absolute Gasteiger partial charge is 0.268 e. The van der Waals surface area contributed by atoms with Crippen molar-refractivity contribution in [2.24, 2.45) is 7.05 Å². The van der Waals surface area contributed by atoms with Crippen LogP contribution < -0.4 is 10.6 Å². The van der Waals surface area contributed by atoms with Crippen molar-refractivity contribution in [3.05, 3.63) is 65.9 Å². The second-order valence-corrected chi connectivity index (χ2v) is 6.01. The number of rotatable bonds is 6. The molecule has 2 aromatic carbocycles. The molecule has 0 aliphatic rings. The second-order valence-electron chi connectivity index (χ2n) is 6.01. The van der Waals surface area contributed by atoms with Crippen LogP contribution in [-0.4, -0.2) is 30.1 Å². The highest BCUT2D eigenvalue weighted by Crippen LogP contribution is 2.18. The molecule has 0 bridgehead atoms. The first-order valence-electron chi connectivity index (χ1n) is 8.29. The van der Waals surface area contributed by atoms with Crippen molar-refractivity contribution in [3.63, 3.8) is 0 Å². The first-order chi connectivity index (χ1) is 12.6. The van der Waals surface area contributed by atoms with E-state index in [1.54, 1.807) is 6.07 Å². The molecule has 0 aliphatic heterocycles. The van der Waals surface area contributed by atoms with Crippen LogP contribution in [0.15, 0.2) is 54.6 Å². The fourth-order valence-corrected chi connectivity index (χ4v) is 2.87. The van der Waals surface area contributed by atoms with E-state index in [2.05, 4.69) is 10.6 Å². The van der Waals surface area contributed by atoms with Gasteiger partial charge in [-0.15, -0.1) is 0 Å². The molecule has 0 unspecified atom stereocenters. The monoisotopic (exact) mass is 351 g/mol. The van der Waals surface area contributed by atoms with Crippen molar-refractivity contribution < 1.29 is 14.3 Å². The topological polar surface area (TPSA) is 72.4 Å². The summed E-state index contributed by atoms with van der Waals surface area (Å²) >= 11 is 0. The van der Waals surface area contributed by atoms with Gasteiger partial charge in [0.15, 0.2) is 0 Å². The molecule has 1 aromatic heterocycles. The lowest BCUT2D eigenvalue weighted by Crippen LogP contribution is -2.25. The third kappa shape index (κ3) is 3.92. The fourth-order valence-electron chi connectivity index (χ4n) is 2.87. The van der Waals surface area contributed by atoms with E-state index in [1.807, 2.05) is 60.1 Å². The summed E-state index contributed by atoms with van der Waals surface area (Å²) in [6.45, 7) is 0.371. The minimum atomic E-state index is -0.218. The SMILES string of the molecule is COCC(=O)Nc1cccc(CNC(=O)c2cc3ccccc3n2C)c1. The van der Waals surface area contributed by atoms with Crippen LogP contribution in [0.3, 0.4) is 0 Å². The molecule has 0 atom stereocenters. The normalized spacial score (nSPS) is 10.7. The van der Waals surface area contributed by atoms with Gasteiger partial charge >= 0.3 is 0 Å². The van der Waals surface area contributed by atoms with Crippen molar-refractivity contribution in [3.8, 4) is 0 Å². The van der Waals surface area contributed by atoms with Gasteiger partial charge in [-0.05, 0) is 29.8 Å². The average molecular weight is 351 g/mol. The zero-order chi connectivity index (χ0) is 18.5. The van der Waals surface area contributed by atoms with Gasteiger partial charge in [0.05, 0.1) is 0 Å². The van der Waals surface area contributed by atoms with Gasteiger partial charge in [-0.2, -0.15) is 0 Å². The number of anilines is 1. The maximum absolute atomic E-state index is 12.5. The molecular weight excluding hydrogens is 330 g/mol. The minimum Gasteiger partial charge on any atom is -0.375 e. The first kappa shape index (κ1) is 17.7. The summed E-state index contributed by atoms with van der Waals surface area (Å²) < 4.78 is 6.68. The predicted octanol–water partition coefficient (Wildman–Crippen LogP) is 2.69.